The van der Waals surface area contributed by atoms with Gasteiger partial charge in [-0.2, -0.15) is 0 Å². The smallest absolute Gasteiger partial charge is 0.227 e. The van der Waals surface area contributed by atoms with Gasteiger partial charge in [0.25, 0.3) is 0 Å². The quantitative estimate of drug-likeness (QED) is 0.388. The number of benzene rings is 2. The van der Waals surface area contributed by atoms with Gasteiger partial charge in [0.15, 0.2) is 11.5 Å². The lowest BCUT2D eigenvalue weighted by Crippen LogP contribution is -2.06. The van der Waals surface area contributed by atoms with Crippen molar-refractivity contribution < 1.29 is 9.47 Å². The third-order valence-electron chi connectivity index (χ3n) is 5.68. The van der Waals surface area contributed by atoms with Gasteiger partial charge in [0.2, 0.25) is 5.95 Å². The molecule has 1 aromatic heterocycles. The van der Waals surface area contributed by atoms with E-state index in [1.165, 1.54) is 0 Å². The van der Waals surface area contributed by atoms with Crippen LogP contribution >= 0.6 is 11.6 Å². The molecule has 0 aliphatic carbocycles. The number of nitrogens with one attached hydrogen (secondary N) is 1. The average Bonchev–Trinajstić information content (AvgIpc) is 3.06. The highest BCUT2D eigenvalue weighted by Gasteiger charge is 2.20. The molecule has 4 rings (SSSR count). The van der Waals surface area contributed by atoms with E-state index < -0.39 is 0 Å². The van der Waals surface area contributed by atoms with Crippen molar-refractivity contribution in [1.82, 2.24) is 9.97 Å². The zero-order valence-corrected chi connectivity index (χ0v) is 20.8. The number of nitrogens with two attached hydrogens (primary N) is 1. The molecule has 3 N–H and O–H groups in total. The van der Waals surface area contributed by atoms with Crippen molar-refractivity contribution in [2.45, 2.75) is 26.3 Å². The monoisotopic (exact) mass is 489 g/mol. The molecule has 1 aliphatic rings. The first-order valence-corrected chi connectivity index (χ1v) is 11.7. The maximum absolute atomic E-state index is 6.32. The molecule has 0 atom stereocenters. The van der Waals surface area contributed by atoms with E-state index in [2.05, 4.69) is 10.3 Å². The van der Waals surface area contributed by atoms with E-state index in [0.717, 1.165) is 45.2 Å². The minimum Gasteiger partial charge on any atom is -0.493 e. The Morgan fingerprint density at radius 2 is 1.94 bits per heavy atom. The van der Waals surface area contributed by atoms with Gasteiger partial charge in [0.05, 0.1) is 26.5 Å². The molecule has 7 nitrogen and oxygen atoms in total. The maximum Gasteiger partial charge on any atom is 0.227 e. The number of nitrogens with zero attached hydrogens (tertiary/aromatic N) is 3. The molecular weight excluding hydrogens is 462 g/mol. The fraction of sp³-hybridized carbons (Fsp3) is 0.222. The standard InChI is InChI=1S/C27H28ClN5O2/c1-4-19(28)10-9-17-13-23(21-7-5-6-8-22(21)29)30-15-18-16-31-27(33-26(17)18)32-20-11-12-24(34-2)25(14-20)35-3/h5-12,14,16H,4,13,15,29H2,1-3H3,(H,31,32,33)/b17-9+,19-10+. The molecule has 2 aromatic carbocycles. The van der Waals surface area contributed by atoms with Crippen LogP contribution in [0.2, 0.25) is 0 Å². The first-order valence-electron chi connectivity index (χ1n) is 11.3. The Labute approximate surface area is 210 Å². The summed E-state index contributed by atoms with van der Waals surface area (Å²) in [4.78, 5) is 14.3. The summed E-state index contributed by atoms with van der Waals surface area (Å²) in [6, 6.07) is 13.3. The molecule has 0 saturated heterocycles. The van der Waals surface area contributed by atoms with Crippen molar-refractivity contribution in [1.29, 1.82) is 0 Å². The molecule has 0 spiro atoms. The Morgan fingerprint density at radius 1 is 1.14 bits per heavy atom. The van der Waals surface area contributed by atoms with Crippen LogP contribution in [-0.4, -0.2) is 29.9 Å². The van der Waals surface area contributed by atoms with Crippen LogP contribution < -0.4 is 20.5 Å². The Balaban J connectivity index is 1.71. The lowest BCUT2D eigenvalue weighted by atomic mass is 9.98. The summed E-state index contributed by atoms with van der Waals surface area (Å²) in [7, 11) is 3.21. The predicted molar refractivity (Wildman–Crippen MR) is 143 cm³/mol. The van der Waals surface area contributed by atoms with E-state index in [1.807, 2.05) is 67.7 Å². The molecule has 8 heteroatoms. The van der Waals surface area contributed by atoms with Gasteiger partial charge in [-0.05, 0) is 36.3 Å². The van der Waals surface area contributed by atoms with Crippen LogP contribution in [0, 0.1) is 0 Å². The van der Waals surface area contributed by atoms with Crippen molar-refractivity contribution in [3.63, 3.8) is 0 Å². The van der Waals surface area contributed by atoms with Gasteiger partial charge in [-0.15, -0.1) is 0 Å². The van der Waals surface area contributed by atoms with Crippen molar-refractivity contribution in [3.8, 4) is 11.5 Å². The van der Waals surface area contributed by atoms with Crippen molar-refractivity contribution in [2.75, 3.05) is 25.3 Å². The van der Waals surface area contributed by atoms with E-state index in [4.69, 9.17) is 36.8 Å². The molecule has 2 heterocycles. The summed E-state index contributed by atoms with van der Waals surface area (Å²) in [5.41, 5.74) is 12.3. The number of aliphatic imine (C=N–C) groups is 1. The average molecular weight is 490 g/mol. The lowest BCUT2D eigenvalue weighted by molar-refractivity contribution is 0.355. The van der Waals surface area contributed by atoms with Crippen molar-refractivity contribution in [2.24, 2.45) is 4.99 Å². The fourth-order valence-corrected chi connectivity index (χ4v) is 3.85. The van der Waals surface area contributed by atoms with Gasteiger partial charge in [0, 0.05) is 51.9 Å². The highest BCUT2D eigenvalue weighted by molar-refractivity contribution is 6.29. The topological polar surface area (TPSA) is 94.7 Å². The molecule has 0 unspecified atom stereocenters. The van der Waals surface area contributed by atoms with Crippen LogP contribution in [0.25, 0.3) is 5.57 Å². The van der Waals surface area contributed by atoms with Crippen LogP contribution in [0.15, 0.2) is 70.8 Å². The van der Waals surface area contributed by atoms with Gasteiger partial charge in [0.1, 0.15) is 0 Å². The molecule has 180 valence electrons. The van der Waals surface area contributed by atoms with E-state index in [1.54, 1.807) is 14.2 Å². The Bertz CT molecular complexity index is 1320. The Morgan fingerprint density at radius 3 is 2.69 bits per heavy atom. The number of para-hydroxylation sites is 1. The first-order chi connectivity index (χ1) is 17.0. The molecule has 0 saturated carbocycles. The number of hydrogen-bond acceptors (Lipinski definition) is 7. The lowest BCUT2D eigenvalue weighted by Gasteiger charge is -2.13. The minimum atomic E-state index is 0.457. The second-order valence-electron chi connectivity index (χ2n) is 7.95. The summed E-state index contributed by atoms with van der Waals surface area (Å²) < 4.78 is 10.7. The number of allylic oxidation sites excluding steroid dienone is 4. The first kappa shape index (κ1) is 24.3. The third-order valence-corrected chi connectivity index (χ3v) is 6.07. The summed E-state index contributed by atoms with van der Waals surface area (Å²) in [6.07, 6.45) is 7.06. The zero-order valence-electron chi connectivity index (χ0n) is 20.0. The fourth-order valence-electron chi connectivity index (χ4n) is 3.79. The maximum atomic E-state index is 6.32. The van der Waals surface area contributed by atoms with Crippen LogP contribution in [0.1, 0.15) is 36.6 Å². The molecule has 0 amide bonds. The minimum absolute atomic E-state index is 0.457. The Kier molecular flexibility index (Phi) is 7.67. The number of fused-ring (bicyclic) bond motifs is 1. The number of ether oxygens (including phenoxy) is 2. The molecule has 0 bridgehead atoms. The number of aromatic nitrogens is 2. The summed E-state index contributed by atoms with van der Waals surface area (Å²) in [6.45, 7) is 2.47. The highest BCUT2D eigenvalue weighted by Crippen LogP contribution is 2.32. The van der Waals surface area contributed by atoms with Crippen LogP contribution in [0.5, 0.6) is 11.5 Å². The molecule has 35 heavy (non-hydrogen) atoms. The SMILES string of the molecule is CC/C(Cl)=C\C=C1/CC(c2ccccc2N)=NCc2cnc(Nc3ccc(OC)c(OC)c3)nc21. The number of methoxy groups -OCH3 is 2. The molecule has 0 radical (unpaired) electrons. The van der Waals surface area contributed by atoms with Gasteiger partial charge in [-0.25, -0.2) is 9.97 Å². The van der Waals surface area contributed by atoms with Crippen LogP contribution in [-0.2, 0) is 6.54 Å². The largest absolute Gasteiger partial charge is 0.493 e. The number of nitrogen functional groups attached to an aromatic ring is 1. The van der Waals surface area contributed by atoms with E-state index in [0.29, 0.717) is 36.1 Å². The summed E-state index contributed by atoms with van der Waals surface area (Å²) >= 11 is 6.32. The molecule has 3 aromatic rings. The highest BCUT2D eigenvalue weighted by atomic mass is 35.5. The van der Waals surface area contributed by atoms with E-state index in [9.17, 15) is 0 Å². The number of hydrogen-bond donors (Lipinski definition) is 2. The van der Waals surface area contributed by atoms with Crippen LogP contribution in [0.3, 0.4) is 0 Å². The molecule has 1 aliphatic heterocycles. The second-order valence-corrected chi connectivity index (χ2v) is 8.43. The Hall–Kier alpha value is -3.84. The van der Waals surface area contributed by atoms with Gasteiger partial charge >= 0.3 is 0 Å². The number of anilines is 3. The normalized spacial score (nSPS) is 14.7. The second kappa shape index (κ2) is 11.1. The van der Waals surface area contributed by atoms with Gasteiger partial charge in [-0.1, -0.05) is 42.8 Å². The van der Waals surface area contributed by atoms with Gasteiger partial charge in [-0.3, -0.25) is 4.99 Å². The van der Waals surface area contributed by atoms with E-state index >= 15 is 0 Å². The third kappa shape index (κ3) is 5.63. The summed E-state index contributed by atoms with van der Waals surface area (Å²) in [5.74, 6) is 1.73. The summed E-state index contributed by atoms with van der Waals surface area (Å²) in [5, 5.41) is 4.03. The molecular formula is C27H28ClN5O2. The van der Waals surface area contributed by atoms with Gasteiger partial charge < -0.3 is 20.5 Å². The van der Waals surface area contributed by atoms with Crippen molar-refractivity contribution in [3.05, 3.63) is 82.7 Å². The molecule has 0 fully saturated rings. The zero-order chi connectivity index (χ0) is 24.8. The van der Waals surface area contributed by atoms with E-state index in [-0.39, 0.29) is 0 Å². The van der Waals surface area contributed by atoms with Crippen LogP contribution in [0.4, 0.5) is 17.3 Å². The predicted octanol–water partition coefficient (Wildman–Crippen LogP) is 6.13. The van der Waals surface area contributed by atoms with Crippen molar-refractivity contribution >= 4 is 40.2 Å². The number of rotatable bonds is 7. The number of halogens is 1.